The largest absolute Gasteiger partial charge is 0.337 e. The van der Waals surface area contributed by atoms with Crippen LogP contribution in [0.25, 0.3) is 0 Å². The van der Waals surface area contributed by atoms with E-state index in [1.165, 1.54) is 5.56 Å². The van der Waals surface area contributed by atoms with Crippen molar-refractivity contribution in [3.63, 3.8) is 0 Å². The first-order chi connectivity index (χ1) is 17.4. The summed E-state index contributed by atoms with van der Waals surface area (Å²) < 4.78 is 0. The number of allylic oxidation sites excluding steroid dienone is 3. The first kappa shape index (κ1) is 26.3. The van der Waals surface area contributed by atoms with Gasteiger partial charge in [0.25, 0.3) is 0 Å². The number of amides is 1. The van der Waals surface area contributed by atoms with E-state index in [1.54, 1.807) is 0 Å². The van der Waals surface area contributed by atoms with Gasteiger partial charge in [0.05, 0.1) is 18.8 Å². The smallest absolute Gasteiger partial charge is 0.246 e. The number of aryl methyl sites for hydroxylation is 1. The number of hydrogen-bond donors (Lipinski definition) is 2. The van der Waals surface area contributed by atoms with Gasteiger partial charge in [-0.1, -0.05) is 69.3 Å². The number of hydrogen-bond acceptors (Lipinski definition) is 6. The van der Waals surface area contributed by atoms with E-state index < -0.39 is 6.04 Å². The number of aliphatic imine (C=N–C) groups is 2. The molecule has 7 nitrogen and oxygen atoms in total. The third kappa shape index (κ3) is 6.71. The van der Waals surface area contributed by atoms with Crippen molar-refractivity contribution in [1.29, 1.82) is 0 Å². The number of nitrogens with one attached hydrogen (secondary N) is 2. The second-order valence-electron chi connectivity index (χ2n) is 10.4. The number of rotatable bonds is 7. The predicted octanol–water partition coefficient (Wildman–Crippen LogP) is 3.40. The monoisotopic (exact) mass is 490 g/mol. The van der Waals surface area contributed by atoms with Crippen molar-refractivity contribution in [2.75, 3.05) is 32.7 Å². The lowest BCUT2D eigenvalue weighted by Gasteiger charge is -2.43. The van der Waals surface area contributed by atoms with Crippen LogP contribution < -0.4 is 10.6 Å². The van der Waals surface area contributed by atoms with Gasteiger partial charge in [-0.3, -0.25) is 24.6 Å². The molecule has 2 bridgehead atoms. The molecule has 3 unspecified atom stereocenters. The molecule has 3 aliphatic rings. The summed E-state index contributed by atoms with van der Waals surface area (Å²) >= 11 is 0. The van der Waals surface area contributed by atoms with Crippen LogP contribution in [-0.2, 0) is 11.2 Å². The van der Waals surface area contributed by atoms with Crippen LogP contribution in [0.2, 0.25) is 0 Å². The average molecular weight is 491 g/mol. The van der Waals surface area contributed by atoms with E-state index in [4.69, 9.17) is 9.98 Å². The first-order valence-corrected chi connectivity index (χ1v) is 13.5. The van der Waals surface area contributed by atoms with Gasteiger partial charge in [0.15, 0.2) is 0 Å². The highest BCUT2D eigenvalue weighted by Crippen LogP contribution is 2.20. The molecule has 0 aliphatic carbocycles. The summed E-state index contributed by atoms with van der Waals surface area (Å²) in [5, 5.41) is 6.84. The predicted molar refractivity (Wildman–Crippen MR) is 148 cm³/mol. The normalized spacial score (nSPS) is 26.9. The molecular formula is C29H42N6O. The quantitative estimate of drug-likeness (QED) is 0.615. The highest BCUT2D eigenvalue weighted by Gasteiger charge is 2.35. The molecule has 7 heteroatoms. The zero-order valence-electron chi connectivity index (χ0n) is 22.3. The first-order valence-electron chi connectivity index (χ1n) is 13.5. The van der Waals surface area contributed by atoms with Crippen LogP contribution >= 0.6 is 0 Å². The van der Waals surface area contributed by atoms with E-state index in [1.807, 2.05) is 0 Å². The number of benzene rings is 1. The lowest BCUT2D eigenvalue weighted by Crippen LogP contribution is -2.64. The van der Waals surface area contributed by atoms with E-state index in [0.29, 0.717) is 6.54 Å². The number of carbonyl (C=O) groups is 1. The molecule has 0 spiro atoms. The molecule has 3 aliphatic heterocycles. The minimum absolute atomic E-state index is 0.00232. The molecule has 194 valence electrons. The van der Waals surface area contributed by atoms with Gasteiger partial charge in [0.1, 0.15) is 17.7 Å². The van der Waals surface area contributed by atoms with E-state index in [-0.39, 0.29) is 24.0 Å². The highest BCUT2D eigenvalue weighted by molar-refractivity contribution is 6.13. The molecule has 1 saturated heterocycles. The van der Waals surface area contributed by atoms with Crippen molar-refractivity contribution >= 4 is 17.6 Å². The standard InChI is InChI=1S/C29H42N6O/c1-5-6-8-15-24-22(4)30-25-19-35-18-17-34(16-11-14-23-12-9-7-10-13-23)20-26(35)32-29(36)27(21(2)3)33-28(24)31-25/h6-10,12-13,15,21-22,26-27H,5,11,14,16-20H2,1-4H3,(H,32,36)(H,30,31,33)/b8-6-,24-15+. The van der Waals surface area contributed by atoms with Crippen molar-refractivity contribution in [2.24, 2.45) is 15.9 Å². The summed E-state index contributed by atoms with van der Waals surface area (Å²) in [7, 11) is 0. The highest BCUT2D eigenvalue weighted by atomic mass is 16.2. The topological polar surface area (TPSA) is 72.3 Å². The lowest BCUT2D eigenvalue weighted by molar-refractivity contribution is -0.126. The zero-order valence-corrected chi connectivity index (χ0v) is 22.3. The fourth-order valence-electron chi connectivity index (χ4n) is 5.10. The third-order valence-electron chi connectivity index (χ3n) is 7.17. The minimum atomic E-state index is -0.453. The fraction of sp³-hybridized carbons (Fsp3) is 0.552. The van der Waals surface area contributed by atoms with Gasteiger partial charge in [-0.2, -0.15) is 0 Å². The Morgan fingerprint density at radius 1 is 1.17 bits per heavy atom. The molecule has 0 aromatic heterocycles. The van der Waals surface area contributed by atoms with Crippen LogP contribution in [-0.4, -0.2) is 78.4 Å². The summed E-state index contributed by atoms with van der Waals surface area (Å²) in [5.74, 6) is 1.80. The second kappa shape index (κ2) is 12.5. The van der Waals surface area contributed by atoms with Crippen LogP contribution in [0.4, 0.5) is 0 Å². The maximum absolute atomic E-state index is 13.5. The van der Waals surface area contributed by atoms with E-state index in [2.05, 4.69) is 96.7 Å². The van der Waals surface area contributed by atoms with Gasteiger partial charge in [0, 0.05) is 25.2 Å². The summed E-state index contributed by atoms with van der Waals surface area (Å²) in [6, 6.07) is 10.2. The molecule has 1 aromatic rings. The van der Waals surface area contributed by atoms with Crippen LogP contribution in [0, 0.1) is 5.92 Å². The molecule has 2 N–H and O–H groups in total. The molecule has 1 fully saturated rings. The van der Waals surface area contributed by atoms with Gasteiger partial charge >= 0.3 is 0 Å². The van der Waals surface area contributed by atoms with Crippen molar-refractivity contribution in [1.82, 2.24) is 20.4 Å². The maximum Gasteiger partial charge on any atom is 0.246 e. The molecule has 3 atom stereocenters. The van der Waals surface area contributed by atoms with E-state index in [0.717, 1.165) is 62.7 Å². The fourth-order valence-corrected chi connectivity index (χ4v) is 5.10. The summed E-state index contributed by atoms with van der Waals surface area (Å²) in [4.78, 5) is 28.3. The lowest BCUT2D eigenvalue weighted by atomic mass is 10.0. The molecular weight excluding hydrogens is 448 g/mol. The Morgan fingerprint density at radius 3 is 2.72 bits per heavy atom. The summed E-state index contributed by atoms with van der Waals surface area (Å²) in [6.45, 7) is 12.8. The van der Waals surface area contributed by atoms with Gasteiger partial charge in [0.2, 0.25) is 5.91 Å². The molecule has 3 heterocycles. The van der Waals surface area contributed by atoms with Crippen molar-refractivity contribution in [2.45, 2.75) is 65.2 Å². The van der Waals surface area contributed by atoms with Crippen LogP contribution in [0.3, 0.4) is 0 Å². The molecule has 0 radical (unpaired) electrons. The average Bonchev–Trinajstić information content (AvgIpc) is 2.85. The SMILES string of the molecule is CC/C=C\C=C1\C2=NC(C(C)C)C(=O)NC3CN(CCCc4ccccc4)CCN3CC(=NC1C)N2. The van der Waals surface area contributed by atoms with Crippen LogP contribution in [0.5, 0.6) is 0 Å². The number of piperazine rings is 1. The molecule has 36 heavy (non-hydrogen) atoms. The van der Waals surface area contributed by atoms with Crippen molar-refractivity contribution in [3.05, 3.63) is 59.7 Å². The summed E-state index contributed by atoms with van der Waals surface area (Å²) in [6.07, 6.45) is 9.38. The molecule has 4 rings (SSSR count). The maximum atomic E-state index is 13.5. The minimum Gasteiger partial charge on any atom is -0.337 e. The van der Waals surface area contributed by atoms with Crippen molar-refractivity contribution < 1.29 is 4.79 Å². The number of carbonyl (C=O) groups excluding carboxylic acids is 1. The van der Waals surface area contributed by atoms with E-state index in [9.17, 15) is 4.79 Å². The Kier molecular flexibility index (Phi) is 9.10. The zero-order chi connectivity index (χ0) is 25.5. The Morgan fingerprint density at radius 2 is 1.97 bits per heavy atom. The number of amidine groups is 2. The third-order valence-corrected chi connectivity index (χ3v) is 7.17. The number of nitrogens with zero attached hydrogens (tertiary/aromatic N) is 4. The van der Waals surface area contributed by atoms with Crippen LogP contribution in [0.15, 0.2) is 64.1 Å². The van der Waals surface area contributed by atoms with Gasteiger partial charge in [-0.25, -0.2) is 0 Å². The molecule has 1 amide bonds. The summed E-state index contributed by atoms with van der Waals surface area (Å²) in [5.41, 5.74) is 2.41. The van der Waals surface area contributed by atoms with Gasteiger partial charge < -0.3 is 10.6 Å². The van der Waals surface area contributed by atoms with E-state index >= 15 is 0 Å². The Balaban J connectivity index is 1.51. The Labute approximate surface area is 216 Å². The van der Waals surface area contributed by atoms with Gasteiger partial charge in [-0.15, -0.1) is 0 Å². The Bertz CT molecular complexity index is 1010. The Hall–Kier alpha value is -2.77. The second-order valence-corrected chi connectivity index (χ2v) is 10.4. The van der Waals surface area contributed by atoms with Crippen LogP contribution in [0.1, 0.15) is 46.1 Å². The molecule has 1 aromatic carbocycles. The number of fused-ring (bicyclic) bond motifs is 3. The van der Waals surface area contributed by atoms with Gasteiger partial charge in [-0.05, 0) is 44.2 Å². The van der Waals surface area contributed by atoms with Crippen molar-refractivity contribution in [3.8, 4) is 0 Å². The molecule has 0 saturated carbocycles.